The lowest BCUT2D eigenvalue weighted by atomic mass is 10.1. The molecule has 1 aromatic heterocycles. The minimum absolute atomic E-state index is 0.171. The normalized spacial score (nSPS) is 10.8. The highest BCUT2D eigenvalue weighted by atomic mass is 79.9. The van der Waals surface area contributed by atoms with Crippen LogP contribution in [0.5, 0.6) is 0 Å². The first kappa shape index (κ1) is 12.6. The molecule has 2 nitrogen and oxygen atoms in total. The number of pyridine rings is 1. The lowest BCUT2D eigenvalue weighted by molar-refractivity contribution is 0.104. The van der Waals surface area contributed by atoms with E-state index in [1.54, 1.807) is 18.5 Å². The van der Waals surface area contributed by atoms with Gasteiger partial charge in [0.1, 0.15) is 5.82 Å². The van der Waals surface area contributed by atoms with Crippen LogP contribution in [0, 0.1) is 5.82 Å². The molecule has 4 heteroatoms. The van der Waals surface area contributed by atoms with Crippen LogP contribution in [0.2, 0.25) is 0 Å². The van der Waals surface area contributed by atoms with Crippen LogP contribution in [0.4, 0.5) is 4.39 Å². The Kier molecular flexibility index (Phi) is 3.99. The molecule has 18 heavy (non-hydrogen) atoms. The second-order valence-electron chi connectivity index (χ2n) is 3.64. The second-order valence-corrected chi connectivity index (χ2v) is 4.56. The van der Waals surface area contributed by atoms with Gasteiger partial charge in [-0.05, 0) is 64.0 Å². The van der Waals surface area contributed by atoms with E-state index in [1.165, 1.54) is 30.3 Å². The van der Waals surface area contributed by atoms with Gasteiger partial charge in [0, 0.05) is 22.4 Å². The molecule has 0 bridgehead atoms. The first-order valence-electron chi connectivity index (χ1n) is 5.24. The summed E-state index contributed by atoms with van der Waals surface area (Å²) in [4.78, 5) is 15.8. The molecule has 0 aliphatic rings. The summed E-state index contributed by atoms with van der Waals surface area (Å²) in [6, 6.07) is 7.30. The van der Waals surface area contributed by atoms with E-state index in [0.717, 1.165) is 10.0 Å². The van der Waals surface area contributed by atoms with Crippen LogP contribution in [0.25, 0.3) is 6.08 Å². The summed E-state index contributed by atoms with van der Waals surface area (Å²) in [5.74, 6) is -0.526. The molecule has 2 rings (SSSR count). The predicted octanol–water partition coefficient (Wildman–Crippen LogP) is 3.88. The molecule has 0 fully saturated rings. The van der Waals surface area contributed by atoms with Crippen molar-refractivity contribution < 1.29 is 9.18 Å². The summed E-state index contributed by atoms with van der Waals surface area (Å²) in [5, 5.41) is 0. The molecular formula is C14H9BrFNO. The first-order chi connectivity index (χ1) is 8.65. The summed E-state index contributed by atoms with van der Waals surface area (Å²) in [6.07, 6.45) is 6.43. The van der Waals surface area contributed by atoms with Crippen molar-refractivity contribution in [2.24, 2.45) is 0 Å². The maximum atomic E-state index is 12.7. The number of carbonyl (C=O) groups excluding carboxylic acids is 1. The number of aromatic nitrogens is 1. The van der Waals surface area contributed by atoms with Crippen molar-refractivity contribution in [1.29, 1.82) is 0 Å². The van der Waals surface area contributed by atoms with Crippen LogP contribution in [0.1, 0.15) is 15.9 Å². The molecule has 0 amide bonds. The number of benzene rings is 1. The van der Waals surface area contributed by atoms with Gasteiger partial charge in [0.2, 0.25) is 0 Å². The van der Waals surface area contributed by atoms with Crippen molar-refractivity contribution in [2.75, 3.05) is 0 Å². The van der Waals surface area contributed by atoms with E-state index in [0.29, 0.717) is 5.56 Å². The molecule has 90 valence electrons. The van der Waals surface area contributed by atoms with Gasteiger partial charge in [-0.1, -0.05) is 0 Å². The number of allylic oxidation sites excluding steroid dienone is 1. The minimum atomic E-state index is -0.355. The molecule has 0 spiro atoms. The van der Waals surface area contributed by atoms with E-state index < -0.39 is 0 Å². The molecule has 0 saturated carbocycles. The zero-order valence-electron chi connectivity index (χ0n) is 9.31. The van der Waals surface area contributed by atoms with Crippen molar-refractivity contribution in [3.63, 3.8) is 0 Å². The molecule has 2 aromatic rings. The van der Waals surface area contributed by atoms with Crippen LogP contribution < -0.4 is 0 Å². The number of carbonyl (C=O) groups is 1. The Hall–Kier alpha value is -1.81. The van der Waals surface area contributed by atoms with Crippen LogP contribution in [0.15, 0.2) is 53.3 Å². The van der Waals surface area contributed by atoms with Gasteiger partial charge in [0.05, 0.1) is 0 Å². The van der Waals surface area contributed by atoms with E-state index in [4.69, 9.17) is 0 Å². The monoisotopic (exact) mass is 305 g/mol. The minimum Gasteiger partial charge on any atom is -0.289 e. The number of hydrogen-bond acceptors (Lipinski definition) is 2. The molecule has 0 N–H and O–H groups in total. The molecule has 0 aliphatic carbocycles. The highest BCUT2D eigenvalue weighted by molar-refractivity contribution is 9.10. The smallest absolute Gasteiger partial charge is 0.185 e. The summed E-state index contributed by atoms with van der Waals surface area (Å²) >= 11 is 3.30. The summed E-state index contributed by atoms with van der Waals surface area (Å²) in [7, 11) is 0. The van der Waals surface area contributed by atoms with Gasteiger partial charge in [-0.3, -0.25) is 9.78 Å². The average molecular weight is 306 g/mol. The number of nitrogens with zero attached hydrogens (tertiary/aromatic N) is 1. The lowest BCUT2D eigenvalue weighted by Crippen LogP contribution is -1.93. The maximum Gasteiger partial charge on any atom is 0.185 e. The Morgan fingerprint density at radius 2 is 1.94 bits per heavy atom. The molecule has 0 atom stereocenters. The third-order valence-corrected chi connectivity index (χ3v) is 2.72. The van der Waals surface area contributed by atoms with Gasteiger partial charge in [0.15, 0.2) is 5.78 Å². The quantitative estimate of drug-likeness (QED) is 0.636. The van der Waals surface area contributed by atoms with E-state index in [-0.39, 0.29) is 11.6 Å². The average Bonchev–Trinajstić information content (AvgIpc) is 2.37. The maximum absolute atomic E-state index is 12.7. The van der Waals surface area contributed by atoms with Gasteiger partial charge in [-0.2, -0.15) is 0 Å². The van der Waals surface area contributed by atoms with Gasteiger partial charge < -0.3 is 0 Å². The van der Waals surface area contributed by atoms with Crippen molar-refractivity contribution in [3.05, 3.63) is 70.2 Å². The van der Waals surface area contributed by atoms with E-state index in [1.807, 2.05) is 6.07 Å². The number of hydrogen-bond donors (Lipinski definition) is 0. The zero-order chi connectivity index (χ0) is 13.0. The predicted molar refractivity (Wildman–Crippen MR) is 71.7 cm³/mol. The number of ketones is 1. The van der Waals surface area contributed by atoms with Crippen LogP contribution >= 0.6 is 15.9 Å². The molecule has 1 heterocycles. The van der Waals surface area contributed by atoms with Crippen molar-refractivity contribution in [2.45, 2.75) is 0 Å². The molecular weight excluding hydrogens is 297 g/mol. The van der Waals surface area contributed by atoms with Crippen molar-refractivity contribution >= 4 is 27.8 Å². The van der Waals surface area contributed by atoms with E-state index in [2.05, 4.69) is 20.9 Å². The Balaban J connectivity index is 2.14. The van der Waals surface area contributed by atoms with Crippen molar-refractivity contribution in [3.8, 4) is 0 Å². The van der Waals surface area contributed by atoms with Gasteiger partial charge in [0.25, 0.3) is 0 Å². The molecule has 1 aromatic carbocycles. The fourth-order valence-corrected chi connectivity index (χ4v) is 1.78. The summed E-state index contributed by atoms with van der Waals surface area (Å²) in [6.45, 7) is 0. The van der Waals surface area contributed by atoms with Gasteiger partial charge >= 0.3 is 0 Å². The molecule has 0 saturated heterocycles. The first-order valence-corrected chi connectivity index (χ1v) is 6.03. The van der Waals surface area contributed by atoms with E-state index in [9.17, 15) is 9.18 Å². The summed E-state index contributed by atoms with van der Waals surface area (Å²) < 4.78 is 13.5. The third-order valence-electron chi connectivity index (χ3n) is 2.28. The van der Waals surface area contributed by atoms with Crippen LogP contribution in [-0.4, -0.2) is 10.8 Å². The standard InChI is InChI=1S/C14H9BrFNO/c15-12-7-10(8-17-9-12)1-6-14(18)11-2-4-13(16)5-3-11/h1-9H/b6-1+. The molecule has 0 radical (unpaired) electrons. The van der Waals surface area contributed by atoms with Gasteiger partial charge in [-0.25, -0.2) is 4.39 Å². The Bertz CT molecular complexity index is 593. The van der Waals surface area contributed by atoms with Crippen molar-refractivity contribution in [1.82, 2.24) is 4.98 Å². The second kappa shape index (κ2) is 5.69. The SMILES string of the molecule is O=C(/C=C/c1cncc(Br)c1)c1ccc(F)cc1. The largest absolute Gasteiger partial charge is 0.289 e. The van der Waals surface area contributed by atoms with Crippen LogP contribution in [0.3, 0.4) is 0 Å². The topological polar surface area (TPSA) is 30.0 Å². The highest BCUT2D eigenvalue weighted by Gasteiger charge is 2.01. The lowest BCUT2D eigenvalue weighted by Gasteiger charge is -1.96. The zero-order valence-corrected chi connectivity index (χ0v) is 10.9. The Morgan fingerprint density at radius 3 is 2.61 bits per heavy atom. The molecule has 0 aliphatic heterocycles. The fourth-order valence-electron chi connectivity index (χ4n) is 1.40. The number of halogens is 2. The Labute approximate surface area is 112 Å². The Morgan fingerprint density at radius 1 is 1.22 bits per heavy atom. The van der Waals surface area contributed by atoms with Gasteiger partial charge in [-0.15, -0.1) is 0 Å². The van der Waals surface area contributed by atoms with E-state index >= 15 is 0 Å². The highest BCUT2D eigenvalue weighted by Crippen LogP contribution is 2.11. The third kappa shape index (κ3) is 3.34. The fraction of sp³-hybridized carbons (Fsp3) is 0. The van der Waals surface area contributed by atoms with Crippen LogP contribution in [-0.2, 0) is 0 Å². The molecule has 0 unspecified atom stereocenters. The summed E-state index contributed by atoms with van der Waals surface area (Å²) in [5.41, 5.74) is 1.27. The number of rotatable bonds is 3.